The molecule has 0 saturated carbocycles. The highest BCUT2D eigenvalue weighted by Crippen LogP contribution is 2.39. The SMILES string of the molecule is C=CCN1C(=O)/C(=C\c2cc(Br)c(OCc3ccccn3)c(OC)c2)SC1=S. The third-order valence-corrected chi connectivity index (χ3v) is 5.79. The fraction of sp³-hybridized carbons (Fsp3) is 0.150. The van der Waals surface area contributed by atoms with Gasteiger partial charge in [-0.1, -0.05) is 36.1 Å². The molecule has 144 valence electrons. The molecular weight excluding hydrogens is 460 g/mol. The lowest BCUT2D eigenvalue weighted by Crippen LogP contribution is -2.27. The molecule has 0 unspecified atom stereocenters. The highest BCUT2D eigenvalue weighted by atomic mass is 79.9. The molecule has 2 heterocycles. The molecule has 1 aliphatic heterocycles. The summed E-state index contributed by atoms with van der Waals surface area (Å²) in [5.41, 5.74) is 1.61. The van der Waals surface area contributed by atoms with Crippen molar-refractivity contribution < 1.29 is 14.3 Å². The Balaban J connectivity index is 1.84. The molecule has 1 aromatic heterocycles. The largest absolute Gasteiger partial charge is 0.493 e. The van der Waals surface area contributed by atoms with Crippen molar-refractivity contribution in [3.63, 3.8) is 0 Å². The van der Waals surface area contributed by atoms with Gasteiger partial charge in [0.05, 0.1) is 22.2 Å². The summed E-state index contributed by atoms with van der Waals surface area (Å²) in [6.07, 6.45) is 5.16. The average molecular weight is 477 g/mol. The smallest absolute Gasteiger partial charge is 0.266 e. The Morgan fingerprint density at radius 3 is 2.89 bits per heavy atom. The first-order valence-corrected chi connectivity index (χ1v) is 10.3. The predicted octanol–water partition coefficient (Wildman–Crippen LogP) is 4.82. The van der Waals surface area contributed by atoms with Crippen molar-refractivity contribution in [2.45, 2.75) is 6.61 Å². The lowest BCUT2D eigenvalue weighted by molar-refractivity contribution is -0.121. The maximum Gasteiger partial charge on any atom is 0.266 e. The van der Waals surface area contributed by atoms with E-state index >= 15 is 0 Å². The Labute approximate surface area is 181 Å². The molecule has 0 atom stereocenters. The van der Waals surface area contributed by atoms with E-state index in [-0.39, 0.29) is 5.91 Å². The van der Waals surface area contributed by atoms with E-state index in [4.69, 9.17) is 21.7 Å². The second-order valence-corrected chi connectivity index (χ2v) is 8.25. The van der Waals surface area contributed by atoms with Gasteiger partial charge in [0.15, 0.2) is 11.5 Å². The molecule has 1 amide bonds. The van der Waals surface area contributed by atoms with Crippen LogP contribution in [0.15, 0.2) is 58.6 Å². The van der Waals surface area contributed by atoms with Crippen molar-refractivity contribution in [3.05, 3.63) is 69.8 Å². The van der Waals surface area contributed by atoms with Gasteiger partial charge in [0.2, 0.25) is 0 Å². The van der Waals surface area contributed by atoms with Crippen molar-refractivity contribution >= 4 is 56.2 Å². The number of ether oxygens (including phenoxy) is 2. The second-order valence-electron chi connectivity index (χ2n) is 5.72. The van der Waals surface area contributed by atoms with Crippen molar-refractivity contribution in [2.24, 2.45) is 0 Å². The van der Waals surface area contributed by atoms with Gasteiger partial charge in [-0.15, -0.1) is 6.58 Å². The van der Waals surface area contributed by atoms with Gasteiger partial charge in [0, 0.05) is 12.7 Å². The first kappa shape index (κ1) is 20.6. The number of pyridine rings is 1. The number of methoxy groups -OCH3 is 1. The zero-order valence-corrected chi connectivity index (χ0v) is 18.3. The zero-order valence-electron chi connectivity index (χ0n) is 15.1. The molecule has 1 aromatic carbocycles. The Hall–Kier alpha value is -2.16. The van der Waals surface area contributed by atoms with Gasteiger partial charge in [0.1, 0.15) is 10.9 Å². The molecule has 1 fully saturated rings. The Kier molecular flexibility index (Phi) is 6.88. The van der Waals surface area contributed by atoms with Gasteiger partial charge in [-0.25, -0.2) is 0 Å². The minimum absolute atomic E-state index is 0.125. The highest BCUT2D eigenvalue weighted by Gasteiger charge is 2.31. The fourth-order valence-corrected chi connectivity index (χ4v) is 4.38. The Morgan fingerprint density at radius 1 is 1.39 bits per heavy atom. The molecule has 0 aliphatic carbocycles. The van der Waals surface area contributed by atoms with E-state index in [9.17, 15) is 4.79 Å². The molecule has 1 saturated heterocycles. The molecule has 5 nitrogen and oxygen atoms in total. The topological polar surface area (TPSA) is 51.7 Å². The van der Waals surface area contributed by atoms with Gasteiger partial charge >= 0.3 is 0 Å². The van der Waals surface area contributed by atoms with Gasteiger partial charge in [-0.2, -0.15) is 0 Å². The number of halogens is 1. The van der Waals surface area contributed by atoms with Crippen LogP contribution in [0.5, 0.6) is 11.5 Å². The second kappa shape index (κ2) is 9.36. The molecule has 0 radical (unpaired) electrons. The van der Waals surface area contributed by atoms with Crippen molar-refractivity contribution in [3.8, 4) is 11.5 Å². The highest BCUT2D eigenvalue weighted by molar-refractivity contribution is 9.10. The average Bonchev–Trinajstić information content (AvgIpc) is 2.95. The van der Waals surface area contributed by atoms with Crippen LogP contribution in [0.4, 0.5) is 0 Å². The summed E-state index contributed by atoms with van der Waals surface area (Å²) in [4.78, 5) is 18.8. The molecule has 0 bridgehead atoms. The number of aromatic nitrogens is 1. The lowest BCUT2D eigenvalue weighted by Gasteiger charge is -2.13. The van der Waals surface area contributed by atoms with E-state index in [1.165, 1.54) is 16.7 Å². The molecule has 0 spiro atoms. The van der Waals surface area contributed by atoms with E-state index in [0.717, 1.165) is 15.7 Å². The molecule has 3 rings (SSSR count). The number of benzene rings is 1. The van der Waals surface area contributed by atoms with Gasteiger partial charge in [0.25, 0.3) is 5.91 Å². The third-order valence-electron chi connectivity index (χ3n) is 3.83. The van der Waals surface area contributed by atoms with Crippen LogP contribution in [0.1, 0.15) is 11.3 Å². The van der Waals surface area contributed by atoms with Crippen LogP contribution in [-0.4, -0.2) is 33.8 Å². The van der Waals surface area contributed by atoms with Crippen LogP contribution in [0.25, 0.3) is 6.08 Å². The monoisotopic (exact) mass is 476 g/mol. The number of carbonyl (C=O) groups is 1. The predicted molar refractivity (Wildman–Crippen MR) is 119 cm³/mol. The number of hydrogen-bond acceptors (Lipinski definition) is 6. The zero-order chi connectivity index (χ0) is 20.1. The third kappa shape index (κ3) is 4.63. The summed E-state index contributed by atoms with van der Waals surface area (Å²) < 4.78 is 12.6. The normalized spacial score (nSPS) is 15.2. The number of amides is 1. The lowest BCUT2D eigenvalue weighted by atomic mass is 10.2. The first-order chi connectivity index (χ1) is 13.5. The number of rotatable bonds is 7. The maximum absolute atomic E-state index is 12.5. The number of carbonyl (C=O) groups excluding carboxylic acids is 1. The van der Waals surface area contributed by atoms with Gasteiger partial charge < -0.3 is 9.47 Å². The van der Waals surface area contributed by atoms with Crippen molar-refractivity contribution in [1.29, 1.82) is 0 Å². The van der Waals surface area contributed by atoms with Crippen LogP contribution in [0.2, 0.25) is 0 Å². The number of thiocarbonyl (C=S) groups is 1. The van der Waals surface area contributed by atoms with E-state index in [2.05, 4.69) is 27.5 Å². The van der Waals surface area contributed by atoms with E-state index < -0.39 is 0 Å². The van der Waals surface area contributed by atoms with Crippen LogP contribution >= 0.6 is 39.9 Å². The molecule has 2 aromatic rings. The van der Waals surface area contributed by atoms with E-state index in [1.807, 2.05) is 30.3 Å². The quantitative estimate of drug-likeness (QED) is 0.324. The molecule has 1 aliphatic rings. The first-order valence-electron chi connectivity index (χ1n) is 8.30. The van der Waals surface area contributed by atoms with Crippen molar-refractivity contribution in [2.75, 3.05) is 13.7 Å². The Bertz CT molecular complexity index is 948. The van der Waals surface area contributed by atoms with Gasteiger partial charge in [-0.3, -0.25) is 14.7 Å². The van der Waals surface area contributed by atoms with E-state index in [0.29, 0.717) is 33.9 Å². The molecular formula is C20H17BrN2O3S2. The van der Waals surface area contributed by atoms with Crippen LogP contribution in [0.3, 0.4) is 0 Å². The van der Waals surface area contributed by atoms with Crippen molar-refractivity contribution in [1.82, 2.24) is 9.88 Å². The number of thioether (sulfide) groups is 1. The molecule has 8 heteroatoms. The fourth-order valence-electron chi connectivity index (χ4n) is 2.53. The Morgan fingerprint density at radius 2 is 2.21 bits per heavy atom. The maximum atomic E-state index is 12.5. The van der Waals surface area contributed by atoms with Crippen LogP contribution in [-0.2, 0) is 11.4 Å². The van der Waals surface area contributed by atoms with Gasteiger partial charge in [-0.05, 0) is 51.8 Å². The van der Waals surface area contributed by atoms with Crippen LogP contribution in [0, 0.1) is 0 Å². The number of nitrogens with zero attached hydrogens (tertiary/aromatic N) is 2. The summed E-state index contributed by atoms with van der Waals surface area (Å²) in [6.45, 7) is 4.38. The summed E-state index contributed by atoms with van der Waals surface area (Å²) >= 11 is 10.1. The van der Waals surface area contributed by atoms with Crippen LogP contribution < -0.4 is 9.47 Å². The minimum atomic E-state index is -0.125. The molecule has 28 heavy (non-hydrogen) atoms. The summed E-state index contributed by atoms with van der Waals surface area (Å²) in [5.74, 6) is 1.00. The minimum Gasteiger partial charge on any atom is -0.493 e. The molecule has 0 N–H and O–H groups in total. The summed E-state index contributed by atoms with van der Waals surface area (Å²) in [5, 5.41) is 0. The standard InChI is InChI=1S/C20H17BrN2O3S2/c1-3-8-23-19(24)17(28-20(23)27)11-13-9-15(21)18(16(10-13)25-2)26-12-14-6-4-5-7-22-14/h3-7,9-11H,1,8,12H2,2H3/b17-11+. The summed E-state index contributed by atoms with van der Waals surface area (Å²) in [7, 11) is 1.57. The number of hydrogen-bond donors (Lipinski definition) is 0. The van der Waals surface area contributed by atoms with E-state index in [1.54, 1.807) is 25.5 Å². The summed E-state index contributed by atoms with van der Waals surface area (Å²) in [6, 6.07) is 9.34.